The summed E-state index contributed by atoms with van der Waals surface area (Å²) in [5, 5.41) is 2.92. The molecule has 148 valence electrons. The lowest BCUT2D eigenvalue weighted by atomic mass is 9.77. The molecule has 0 saturated heterocycles. The van der Waals surface area contributed by atoms with Crippen LogP contribution in [0.2, 0.25) is 0 Å². The molecule has 1 amide bonds. The van der Waals surface area contributed by atoms with Crippen LogP contribution < -0.4 is 10.1 Å². The largest absolute Gasteiger partial charge is 0.473 e. The Labute approximate surface area is 165 Å². The molecule has 6 nitrogen and oxygen atoms in total. The van der Waals surface area contributed by atoms with E-state index in [0.717, 1.165) is 18.4 Å². The van der Waals surface area contributed by atoms with E-state index in [9.17, 15) is 9.59 Å². The summed E-state index contributed by atoms with van der Waals surface area (Å²) in [6.45, 7) is 2.52. The molecule has 0 bridgehead atoms. The maximum atomic E-state index is 12.8. The van der Waals surface area contributed by atoms with Crippen LogP contribution in [0.15, 0.2) is 48.7 Å². The first-order valence-corrected chi connectivity index (χ1v) is 9.56. The Morgan fingerprint density at radius 3 is 2.57 bits per heavy atom. The smallest absolute Gasteiger partial charge is 0.331 e. The molecule has 1 heterocycles. The number of pyridine rings is 1. The Balaban J connectivity index is 1.70. The van der Waals surface area contributed by atoms with Crippen molar-refractivity contribution in [1.82, 2.24) is 10.3 Å². The van der Waals surface area contributed by atoms with Gasteiger partial charge in [-0.05, 0) is 43.2 Å². The number of amides is 1. The minimum atomic E-state index is -0.966. The summed E-state index contributed by atoms with van der Waals surface area (Å²) in [6, 6.07) is 12.9. The number of carbonyl (C=O) groups excluding carboxylic acids is 2. The summed E-state index contributed by atoms with van der Waals surface area (Å²) in [7, 11) is 1.36. The molecule has 0 radical (unpaired) electrons. The second-order valence-corrected chi connectivity index (χ2v) is 7.37. The Morgan fingerprint density at radius 1 is 1.18 bits per heavy atom. The lowest BCUT2D eigenvalue weighted by molar-refractivity contribution is -0.150. The van der Waals surface area contributed by atoms with Crippen LogP contribution in [0, 0.1) is 5.92 Å². The highest BCUT2D eigenvalue weighted by atomic mass is 16.5. The maximum absolute atomic E-state index is 12.8. The number of benzene rings is 1. The van der Waals surface area contributed by atoms with Gasteiger partial charge in [-0.2, -0.15) is 0 Å². The topological polar surface area (TPSA) is 77.5 Å². The van der Waals surface area contributed by atoms with Crippen molar-refractivity contribution in [2.75, 3.05) is 7.11 Å². The van der Waals surface area contributed by atoms with Crippen LogP contribution in [0.3, 0.4) is 0 Å². The van der Waals surface area contributed by atoms with Crippen molar-refractivity contribution in [3.05, 3.63) is 59.8 Å². The first kappa shape index (κ1) is 19.9. The van der Waals surface area contributed by atoms with Crippen LogP contribution in [-0.2, 0) is 16.1 Å². The Bertz CT molecular complexity index is 814. The average Bonchev–Trinajstić information content (AvgIpc) is 2.74. The Morgan fingerprint density at radius 2 is 1.89 bits per heavy atom. The molecule has 2 aromatic rings. The standard InChI is InChI=1S/C22H26N2O4/c1-16-8-11-22(12-9-16,21(26)27-2)24-20(25)18-10-13-23-19(14-18)28-15-17-6-4-3-5-7-17/h3-7,10,13-14,16H,8-9,11-12,15H2,1-2H3,(H,24,25). The summed E-state index contributed by atoms with van der Waals surface area (Å²) < 4.78 is 10.7. The summed E-state index contributed by atoms with van der Waals surface area (Å²) in [5.74, 6) is 0.184. The molecule has 0 unspecified atom stereocenters. The van der Waals surface area contributed by atoms with Crippen molar-refractivity contribution in [3.8, 4) is 5.88 Å². The van der Waals surface area contributed by atoms with Crippen LogP contribution in [0.1, 0.15) is 48.5 Å². The predicted octanol–water partition coefficient (Wildman–Crippen LogP) is 3.51. The van der Waals surface area contributed by atoms with Crippen molar-refractivity contribution in [2.24, 2.45) is 5.92 Å². The fourth-order valence-corrected chi connectivity index (χ4v) is 3.48. The number of carbonyl (C=O) groups is 2. The number of esters is 1. The summed E-state index contributed by atoms with van der Waals surface area (Å²) in [6.07, 6.45) is 4.43. The highest BCUT2D eigenvalue weighted by Gasteiger charge is 2.43. The van der Waals surface area contributed by atoms with Gasteiger partial charge in [0.15, 0.2) is 0 Å². The molecule has 0 aliphatic heterocycles. The number of nitrogens with one attached hydrogen (secondary N) is 1. The fourth-order valence-electron chi connectivity index (χ4n) is 3.48. The molecule has 1 aliphatic rings. The first-order chi connectivity index (χ1) is 13.5. The number of methoxy groups -OCH3 is 1. The zero-order valence-electron chi connectivity index (χ0n) is 16.3. The minimum Gasteiger partial charge on any atom is -0.473 e. The van der Waals surface area contributed by atoms with E-state index in [0.29, 0.717) is 36.8 Å². The van der Waals surface area contributed by atoms with E-state index in [1.54, 1.807) is 12.1 Å². The molecule has 0 spiro atoms. The van der Waals surface area contributed by atoms with Gasteiger partial charge in [-0.1, -0.05) is 37.3 Å². The van der Waals surface area contributed by atoms with E-state index in [2.05, 4.69) is 17.2 Å². The zero-order valence-corrected chi connectivity index (χ0v) is 16.3. The zero-order chi connectivity index (χ0) is 20.0. The molecule has 1 N–H and O–H groups in total. The highest BCUT2D eigenvalue weighted by Crippen LogP contribution is 2.33. The molecule has 0 atom stereocenters. The number of nitrogens with zero attached hydrogens (tertiary/aromatic N) is 1. The van der Waals surface area contributed by atoms with Crippen LogP contribution in [-0.4, -0.2) is 29.5 Å². The fraction of sp³-hybridized carbons (Fsp3) is 0.409. The quantitative estimate of drug-likeness (QED) is 0.774. The molecular weight excluding hydrogens is 356 g/mol. The molecule has 1 aromatic heterocycles. The molecule has 1 fully saturated rings. The lowest BCUT2D eigenvalue weighted by Crippen LogP contribution is -2.56. The van der Waals surface area contributed by atoms with Crippen molar-refractivity contribution in [1.29, 1.82) is 0 Å². The van der Waals surface area contributed by atoms with E-state index in [-0.39, 0.29) is 11.9 Å². The average molecular weight is 382 g/mol. The van der Waals surface area contributed by atoms with Gasteiger partial charge in [-0.25, -0.2) is 9.78 Å². The molecule has 1 aliphatic carbocycles. The number of hydrogen-bond donors (Lipinski definition) is 1. The van der Waals surface area contributed by atoms with Gasteiger partial charge < -0.3 is 14.8 Å². The van der Waals surface area contributed by atoms with Gasteiger partial charge >= 0.3 is 5.97 Å². The van der Waals surface area contributed by atoms with Crippen LogP contribution in [0.25, 0.3) is 0 Å². The third-order valence-electron chi connectivity index (χ3n) is 5.28. The summed E-state index contributed by atoms with van der Waals surface area (Å²) in [5.41, 5.74) is 0.451. The van der Waals surface area contributed by atoms with Crippen LogP contribution in [0.4, 0.5) is 0 Å². The molecule has 1 saturated carbocycles. The SMILES string of the molecule is COC(=O)C1(NC(=O)c2ccnc(OCc3ccccc3)c2)CCC(C)CC1. The molecule has 1 aromatic carbocycles. The van der Waals surface area contributed by atoms with Crippen molar-refractivity contribution in [3.63, 3.8) is 0 Å². The van der Waals surface area contributed by atoms with E-state index >= 15 is 0 Å². The number of ether oxygens (including phenoxy) is 2. The predicted molar refractivity (Wildman–Crippen MR) is 105 cm³/mol. The minimum absolute atomic E-state index is 0.327. The van der Waals surface area contributed by atoms with Crippen molar-refractivity contribution in [2.45, 2.75) is 44.8 Å². The Hall–Kier alpha value is -2.89. The van der Waals surface area contributed by atoms with Crippen LogP contribution >= 0.6 is 0 Å². The molecule has 3 rings (SSSR count). The van der Waals surface area contributed by atoms with E-state index in [4.69, 9.17) is 9.47 Å². The molecule has 28 heavy (non-hydrogen) atoms. The van der Waals surface area contributed by atoms with E-state index in [1.165, 1.54) is 13.3 Å². The third kappa shape index (κ3) is 4.68. The van der Waals surface area contributed by atoms with E-state index in [1.807, 2.05) is 30.3 Å². The maximum Gasteiger partial charge on any atom is 0.331 e. The van der Waals surface area contributed by atoms with Crippen LogP contribution in [0.5, 0.6) is 5.88 Å². The number of hydrogen-bond acceptors (Lipinski definition) is 5. The van der Waals surface area contributed by atoms with Gasteiger partial charge in [0.25, 0.3) is 5.91 Å². The second kappa shape index (κ2) is 8.87. The number of rotatable bonds is 6. The van der Waals surface area contributed by atoms with Gasteiger partial charge in [0.1, 0.15) is 12.1 Å². The third-order valence-corrected chi connectivity index (χ3v) is 5.28. The van der Waals surface area contributed by atoms with Crippen molar-refractivity contribution < 1.29 is 19.1 Å². The molecule has 6 heteroatoms. The van der Waals surface area contributed by atoms with E-state index < -0.39 is 5.54 Å². The monoisotopic (exact) mass is 382 g/mol. The molecular formula is C22H26N2O4. The van der Waals surface area contributed by atoms with Gasteiger partial charge in [0.2, 0.25) is 5.88 Å². The summed E-state index contributed by atoms with van der Waals surface area (Å²) in [4.78, 5) is 29.4. The normalized spacial score (nSPS) is 21.6. The van der Waals surface area contributed by atoms with Gasteiger partial charge in [0.05, 0.1) is 7.11 Å². The summed E-state index contributed by atoms with van der Waals surface area (Å²) >= 11 is 0. The first-order valence-electron chi connectivity index (χ1n) is 9.56. The van der Waals surface area contributed by atoms with Gasteiger partial charge in [0, 0.05) is 17.8 Å². The van der Waals surface area contributed by atoms with Crippen molar-refractivity contribution >= 4 is 11.9 Å². The Kier molecular flexibility index (Phi) is 6.29. The second-order valence-electron chi connectivity index (χ2n) is 7.37. The highest BCUT2D eigenvalue weighted by molar-refractivity contribution is 5.98. The number of aromatic nitrogens is 1. The van der Waals surface area contributed by atoms with Gasteiger partial charge in [-0.3, -0.25) is 4.79 Å². The lowest BCUT2D eigenvalue weighted by Gasteiger charge is -2.37. The van der Waals surface area contributed by atoms with Gasteiger partial charge in [-0.15, -0.1) is 0 Å².